The summed E-state index contributed by atoms with van der Waals surface area (Å²) < 4.78 is 39.8. The van der Waals surface area contributed by atoms with Gasteiger partial charge in [-0.2, -0.15) is 0 Å². The van der Waals surface area contributed by atoms with Gasteiger partial charge < -0.3 is 19.7 Å². The van der Waals surface area contributed by atoms with E-state index in [-0.39, 0.29) is 28.6 Å². The van der Waals surface area contributed by atoms with Gasteiger partial charge in [-0.1, -0.05) is 23.7 Å². The van der Waals surface area contributed by atoms with Crippen LogP contribution in [0.15, 0.2) is 84.0 Å². The second-order valence-electron chi connectivity index (χ2n) is 11.2. The number of benzene rings is 2. The Morgan fingerprint density at radius 3 is 2.52 bits per heavy atom. The lowest BCUT2D eigenvalue weighted by Crippen LogP contribution is -2.47. The topological polar surface area (TPSA) is 136 Å². The van der Waals surface area contributed by atoms with Gasteiger partial charge in [-0.05, 0) is 88.2 Å². The number of aromatic nitrogens is 3. The molecule has 2 aromatic heterocycles. The van der Waals surface area contributed by atoms with E-state index in [4.69, 9.17) is 21.1 Å². The third kappa shape index (κ3) is 7.94. The monoisotopic (exact) mass is 636 g/mol. The zero-order chi connectivity index (χ0) is 31.3. The zero-order valence-corrected chi connectivity index (χ0v) is 26.1. The van der Waals surface area contributed by atoms with Crippen LogP contribution < -0.4 is 14.8 Å². The van der Waals surface area contributed by atoms with Crippen LogP contribution in [0.2, 0.25) is 5.02 Å². The largest absolute Gasteiger partial charge is 0.444 e. The number of hydrogen-bond donors (Lipinski definition) is 2. The third-order valence-electron chi connectivity index (χ3n) is 6.58. The highest BCUT2D eigenvalue weighted by atomic mass is 35.5. The molecule has 3 heterocycles. The fourth-order valence-corrected chi connectivity index (χ4v) is 5.88. The fourth-order valence-electron chi connectivity index (χ4n) is 4.56. The van der Waals surface area contributed by atoms with Gasteiger partial charge in [0.2, 0.25) is 11.8 Å². The molecular formula is C31H33ClN6O5S. The minimum Gasteiger partial charge on any atom is -0.444 e. The number of hydrogen-bond acceptors (Lipinski definition) is 9. The van der Waals surface area contributed by atoms with Crippen molar-refractivity contribution in [2.24, 2.45) is 0 Å². The average Bonchev–Trinajstić information content (AvgIpc) is 2.98. The van der Waals surface area contributed by atoms with Crippen molar-refractivity contribution in [2.45, 2.75) is 50.2 Å². The van der Waals surface area contributed by atoms with Crippen molar-refractivity contribution in [3.05, 3.63) is 84.1 Å². The molecule has 0 bridgehead atoms. The summed E-state index contributed by atoms with van der Waals surface area (Å²) in [5.41, 5.74) is 0.921. The van der Waals surface area contributed by atoms with Crippen LogP contribution in [0.25, 0.3) is 11.3 Å². The summed E-state index contributed by atoms with van der Waals surface area (Å²) >= 11 is 6.11. The zero-order valence-electron chi connectivity index (χ0n) is 24.5. The van der Waals surface area contributed by atoms with Crippen LogP contribution in [0.4, 0.5) is 16.4 Å². The molecule has 0 saturated carbocycles. The number of para-hydroxylation sites is 1. The molecule has 1 aliphatic rings. The van der Waals surface area contributed by atoms with E-state index in [2.05, 4.69) is 25.0 Å². The minimum absolute atomic E-state index is 0.0432. The van der Waals surface area contributed by atoms with Crippen molar-refractivity contribution in [1.82, 2.24) is 19.9 Å². The number of likely N-dealkylation sites (tertiary alicyclic amines) is 1. The summed E-state index contributed by atoms with van der Waals surface area (Å²) in [6.45, 7) is 6.65. The minimum atomic E-state index is -3.87. The van der Waals surface area contributed by atoms with Crippen molar-refractivity contribution in [1.29, 1.82) is 0 Å². The molecule has 1 saturated heterocycles. The molecule has 230 valence electrons. The number of anilines is 2. The molecule has 1 atom stereocenters. The predicted molar refractivity (Wildman–Crippen MR) is 168 cm³/mol. The first-order chi connectivity index (χ1) is 21.0. The Balaban J connectivity index is 1.28. The lowest BCUT2D eigenvalue weighted by atomic mass is 10.1. The highest BCUT2D eigenvalue weighted by Gasteiger charge is 2.28. The molecule has 0 spiro atoms. The van der Waals surface area contributed by atoms with E-state index in [0.717, 1.165) is 12.8 Å². The fraction of sp³-hybridized carbons (Fsp3) is 0.290. The van der Waals surface area contributed by atoms with Gasteiger partial charge in [0.05, 0.1) is 26.9 Å². The van der Waals surface area contributed by atoms with Gasteiger partial charge in [-0.15, -0.1) is 0 Å². The van der Waals surface area contributed by atoms with Crippen LogP contribution >= 0.6 is 11.6 Å². The molecule has 11 nitrogen and oxygen atoms in total. The molecule has 13 heteroatoms. The van der Waals surface area contributed by atoms with E-state index in [1.54, 1.807) is 65.8 Å². The summed E-state index contributed by atoms with van der Waals surface area (Å²) in [6.07, 6.45) is 4.58. The number of halogens is 1. The SMILES string of the molecule is CC(C)(C)OC(=O)N1CCC[C@H](Nc2nccc(-c3cccnc3Oc3ccc(S(=O)(=O)Nc4ccccc4Cl)cc3)n2)C1. The van der Waals surface area contributed by atoms with Crippen LogP contribution in [0.3, 0.4) is 0 Å². The maximum Gasteiger partial charge on any atom is 0.410 e. The second kappa shape index (κ2) is 13.1. The van der Waals surface area contributed by atoms with Gasteiger partial charge in [0, 0.05) is 31.5 Å². The van der Waals surface area contributed by atoms with Gasteiger partial charge in [0.1, 0.15) is 11.4 Å². The van der Waals surface area contributed by atoms with Gasteiger partial charge >= 0.3 is 6.09 Å². The molecule has 1 fully saturated rings. The first-order valence-corrected chi connectivity index (χ1v) is 15.9. The van der Waals surface area contributed by atoms with Gasteiger partial charge in [0.15, 0.2) is 0 Å². The quantitative estimate of drug-likeness (QED) is 0.219. The number of ether oxygens (including phenoxy) is 2. The van der Waals surface area contributed by atoms with Crippen molar-refractivity contribution >= 4 is 39.4 Å². The maximum absolute atomic E-state index is 12.9. The number of sulfonamides is 1. The van der Waals surface area contributed by atoms with Crippen LogP contribution in [0.1, 0.15) is 33.6 Å². The number of nitrogens with one attached hydrogen (secondary N) is 2. The summed E-state index contributed by atoms with van der Waals surface area (Å²) in [5.74, 6) is 1.09. The molecule has 1 aliphatic heterocycles. The second-order valence-corrected chi connectivity index (χ2v) is 13.3. The Bertz CT molecular complexity index is 1730. The van der Waals surface area contributed by atoms with Gasteiger partial charge in [-0.25, -0.2) is 28.2 Å². The summed E-state index contributed by atoms with van der Waals surface area (Å²) in [5, 5.41) is 3.64. The number of nitrogens with zero attached hydrogens (tertiary/aromatic N) is 4. The van der Waals surface area contributed by atoms with Gasteiger partial charge in [-0.3, -0.25) is 4.72 Å². The number of carbonyl (C=O) groups excluding carboxylic acids is 1. The molecule has 0 radical (unpaired) electrons. The Labute approximate surface area is 261 Å². The Morgan fingerprint density at radius 2 is 1.77 bits per heavy atom. The van der Waals surface area contributed by atoms with E-state index in [9.17, 15) is 13.2 Å². The molecule has 4 aromatic rings. The smallest absolute Gasteiger partial charge is 0.410 e. The lowest BCUT2D eigenvalue weighted by Gasteiger charge is -2.34. The van der Waals surface area contributed by atoms with E-state index in [1.165, 1.54) is 12.1 Å². The number of pyridine rings is 1. The van der Waals surface area contributed by atoms with Crippen LogP contribution in [-0.2, 0) is 14.8 Å². The van der Waals surface area contributed by atoms with E-state index in [1.807, 2.05) is 26.8 Å². The maximum atomic E-state index is 12.9. The highest BCUT2D eigenvalue weighted by Crippen LogP contribution is 2.32. The molecule has 2 N–H and O–H groups in total. The Kier molecular flexibility index (Phi) is 9.21. The first kappa shape index (κ1) is 31.0. The predicted octanol–water partition coefficient (Wildman–Crippen LogP) is 6.60. The molecular weight excluding hydrogens is 604 g/mol. The molecule has 44 heavy (non-hydrogen) atoms. The number of carbonyl (C=O) groups is 1. The molecule has 0 aliphatic carbocycles. The third-order valence-corrected chi connectivity index (χ3v) is 8.29. The number of piperidine rings is 1. The normalized spacial score (nSPS) is 15.4. The van der Waals surface area contributed by atoms with Crippen molar-refractivity contribution in [3.8, 4) is 22.9 Å². The summed E-state index contributed by atoms with van der Waals surface area (Å²) in [6, 6.07) is 17.9. The summed E-state index contributed by atoms with van der Waals surface area (Å²) in [7, 11) is -3.87. The highest BCUT2D eigenvalue weighted by molar-refractivity contribution is 7.92. The van der Waals surface area contributed by atoms with Crippen molar-refractivity contribution < 1.29 is 22.7 Å². The molecule has 1 amide bonds. The van der Waals surface area contributed by atoms with Gasteiger partial charge in [0.25, 0.3) is 10.0 Å². The van der Waals surface area contributed by atoms with E-state index in [0.29, 0.717) is 41.1 Å². The summed E-state index contributed by atoms with van der Waals surface area (Å²) in [4.78, 5) is 27.8. The molecule has 0 unspecified atom stereocenters. The van der Waals surface area contributed by atoms with Crippen LogP contribution in [0, 0.1) is 0 Å². The van der Waals surface area contributed by atoms with E-state index < -0.39 is 15.6 Å². The first-order valence-electron chi connectivity index (χ1n) is 14.0. The Morgan fingerprint density at radius 1 is 1.00 bits per heavy atom. The van der Waals surface area contributed by atoms with Crippen molar-refractivity contribution in [3.63, 3.8) is 0 Å². The Hall–Kier alpha value is -4.42. The standard InChI is InChI=1S/C31H33ClN6O5S/c1-31(2,3)43-30(39)38-19-7-8-21(20-38)35-29-34-18-16-26(36-29)24-9-6-17-33-28(24)42-22-12-14-23(15-13-22)44(40,41)37-27-11-5-4-10-25(27)32/h4-6,9-18,21,37H,7-8,19-20H2,1-3H3,(H,34,35,36)/t21-/m0/s1. The molecule has 2 aromatic carbocycles. The lowest BCUT2D eigenvalue weighted by molar-refractivity contribution is 0.0206. The van der Waals surface area contributed by atoms with Crippen molar-refractivity contribution in [2.75, 3.05) is 23.1 Å². The van der Waals surface area contributed by atoms with Crippen LogP contribution in [-0.4, -0.2) is 59.1 Å². The molecule has 5 rings (SSSR count). The van der Waals surface area contributed by atoms with E-state index >= 15 is 0 Å². The van der Waals surface area contributed by atoms with Crippen LogP contribution in [0.5, 0.6) is 11.6 Å². The number of amides is 1. The average molecular weight is 637 g/mol. The number of rotatable bonds is 8.